The van der Waals surface area contributed by atoms with Crippen LogP contribution >= 0.6 is 0 Å². The third-order valence-electron chi connectivity index (χ3n) is 3.75. The Balaban J connectivity index is 1.59. The molecule has 2 heterocycles. The lowest BCUT2D eigenvalue weighted by Crippen LogP contribution is -2.12. The van der Waals surface area contributed by atoms with Crippen molar-refractivity contribution >= 4 is 11.6 Å². The van der Waals surface area contributed by atoms with Gasteiger partial charge in [-0.2, -0.15) is 5.10 Å². The molecule has 0 aliphatic carbocycles. The summed E-state index contributed by atoms with van der Waals surface area (Å²) in [7, 11) is 0. The molecule has 0 aliphatic heterocycles. The number of ether oxygens (including phenoxy) is 1. The highest BCUT2D eigenvalue weighted by atomic mass is 16.5. The number of nitrogens with zero attached hydrogens (tertiary/aromatic N) is 6. The molecule has 0 saturated heterocycles. The molecule has 3 aromatic rings. The van der Waals surface area contributed by atoms with Gasteiger partial charge >= 0.3 is 0 Å². The highest BCUT2D eigenvalue weighted by molar-refractivity contribution is 6.04. The van der Waals surface area contributed by atoms with Crippen LogP contribution in [0.15, 0.2) is 36.7 Å². The van der Waals surface area contributed by atoms with Gasteiger partial charge < -0.3 is 10.1 Å². The molecule has 0 aliphatic rings. The molecule has 2 aromatic heterocycles. The zero-order valence-corrected chi connectivity index (χ0v) is 15.0. The number of aromatic nitrogens is 6. The summed E-state index contributed by atoms with van der Waals surface area (Å²) in [6.07, 6.45) is 3.41. The molecular weight excluding hydrogens is 334 g/mol. The first-order valence-electron chi connectivity index (χ1n) is 8.40. The quantitative estimate of drug-likeness (QED) is 0.698. The van der Waals surface area contributed by atoms with Crippen LogP contribution in [0.25, 0.3) is 0 Å². The van der Waals surface area contributed by atoms with Crippen molar-refractivity contribution < 1.29 is 9.53 Å². The number of hydrogen-bond donors (Lipinski definition) is 1. The molecule has 0 atom stereocenters. The van der Waals surface area contributed by atoms with Crippen molar-refractivity contribution in [3.63, 3.8) is 0 Å². The number of amides is 1. The summed E-state index contributed by atoms with van der Waals surface area (Å²) in [6.45, 7) is 6.99. The number of tetrazole rings is 1. The van der Waals surface area contributed by atoms with Crippen LogP contribution in [0.5, 0.6) is 5.75 Å². The van der Waals surface area contributed by atoms with Gasteiger partial charge in [-0.15, -0.1) is 5.10 Å². The number of benzene rings is 1. The van der Waals surface area contributed by atoms with Crippen LogP contribution in [-0.4, -0.2) is 35.9 Å². The summed E-state index contributed by atoms with van der Waals surface area (Å²) in [4.78, 5) is 12.3. The predicted molar refractivity (Wildman–Crippen MR) is 94.8 cm³/mol. The molecule has 0 spiro atoms. The second kappa shape index (κ2) is 7.77. The summed E-state index contributed by atoms with van der Waals surface area (Å²) >= 11 is 0. The van der Waals surface area contributed by atoms with Gasteiger partial charge in [-0.25, -0.2) is 4.68 Å². The van der Waals surface area contributed by atoms with Crippen molar-refractivity contribution in [3.05, 3.63) is 48.0 Å². The fourth-order valence-electron chi connectivity index (χ4n) is 2.36. The lowest BCUT2D eigenvalue weighted by atomic mass is 10.2. The SMILES string of the molecule is CCn1cc(NC(=O)c2ccc(OCc3nnnn3C(C)C)cc2)cn1. The van der Waals surface area contributed by atoms with Gasteiger partial charge in [-0.05, 0) is 55.5 Å². The summed E-state index contributed by atoms with van der Waals surface area (Å²) in [6, 6.07) is 7.06. The van der Waals surface area contributed by atoms with E-state index >= 15 is 0 Å². The Bertz CT molecular complexity index is 867. The molecule has 9 heteroatoms. The largest absolute Gasteiger partial charge is 0.486 e. The fourth-order valence-corrected chi connectivity index (χ4v) is 2.36. The van der Waals surface area contributed by atoms with E-state index < -0.39 is 0 Å². The fraction of sp³-hybridized carbons (Fsp3) is 0.353. The van der Waals surface area contributed by atoms with Crippen LogP contribution in [-0.2, 0) is 13.2 Å². The van der Waals surface area contributed by atoms with Crippen molar-refractivity contribution in [2.45, 2.75) is 40.0 Å². The lowest BCUT2D eigenvalue weighted by Gasteiger charge is -2.09. The molecule has 136 valence electrons. The second-order valence-electron chi connectivity index (χ2n) is 5.99. The number of nitrogens with one attached hydrogen (secondary N) is 1. The van der Waals surface area contributed by atoms with Gasteiger partial charge in [-0.1, -0.05) is 0 Å². The third kappa shape index (κ3) is 4.05. The molecule has 0 unspecified atom stereocenters. The number of hydrogen-bond acceptors (Lipinski definition) is 6. The van der Waals surface area contributed by atoms with Crippen LogP contribution in [0.4, 0.5) is 5.69 Å². The van der Waals surface area contributed by atoms with E-state index in [2.05, 4.69) is 25.9 Å². The monoisotopic (exact) mass is 355 g/mol. The smallest absolute Gasteiger partial charge is 0.255 e. The lowest BCUT2D eigenvalue weighted by molar-refractivity contribution is 0.102. The maximum atomic E-state index is 12.3. The Kier molecular flexibility index (Phi) is 5.26. The first kappa shape index (κ1) is 17.6. The molecular formula is C17H21N7O2. The van der Waals surface area contributed by atoms with E-state index in [0.29, 0.717) is 22.8 Å². The van der Waals surface area contributed by atoms with E-state index in [4.69, 9.17) is 4.74 Å². The molecule has 1 N–H and O–H groups in total. The van der Waals surface area contributed by atoms with Crippen LogP contribution in [0.1, 0.15) is 43.0 Å². The van der Waals surface area contributed by atoms with Crippen molar-refractivity contribution in [2.75, 3.05) is 5.32 Å². The summed E-state index contributed by atoms with van der Waals surface area (Å²) in [5.74, 6) is 1.09. The minimum atomic E-state index is -0.198. The average Bonchev–Trinajstić information content (AvgIpc) is 3.29. The Morgan fingerprint density at radius 1 is 1.27 bits per heavy atom. The Morgan fingerprint density at radius 2 is 2.04 bits per heavy atom. The summed E-state index contributed by atoms with van der Waals surface area (Å²) in [5.41, 5.74) is 1.20. The first-order valence-corrected chi connectivity index (χ1v) is 8.40. The molecule has 0 saturated carbocycles. The summed E-state index contributed by atoms with van der Waals surface area (Å²) in [5, 5.41) is 18.5. The molecule has 0 radical (unpaired) electrons. The second-order valence-corrected chi connectivity index (χ2v) is 5.99. The average molecular weight is 355 g/mol. The van der Waals surface area contributed by atoms with E-state index in [9.17, 15) is 4.79 Å². The zero-order chi connectivity index (χ0) is 18.5. The van der Waals surface area contributed by atoms with Crippen molar-refractivity contribution in [1.82, 2.24) is 30.0 Å². The van der Waals surface area contributed by atoms with E-state index in [1.54, 1.807) is 46.0 Å². The Hall–Kier alpha value is -3.23. The predicted octanol–water partition coefficient (Wildman–Crippen LogP) is 2.30. The maximum absolute atomic E-state index is 12.3. The van der Waals surface area contributed by atoms with Crippen LogP contribution in [0.3, 0.4) is 0 Å². The number of carbonyl (C=O) groups is 1. The highest BCUT2D eigenvalue weighted by Crippen LogP contribution is 2.16. The molecule has 3 rings (SSSR count). The Labute approximate surface area is 151 Å². The van der Waals surface area contributed by atoms with Crippen LogP contribution < -0.4 is 10.1 Å². The molecule has 26 heavy (non-hydrogen) atoms. The van der Waals surface area contributed by atoms with Gasteiger partial charge in [0.2, 0.25) is 0 Å². The minimum Gasteiger partial charge on any atom is -0.486 e. The van der Waals surface area contributed by atoms with Crippen LogP contribution in [0.2, 0.25) is 0 Å². The van der Waals surface area contributed by atoms with Gasteiger partial charge in [0.1, 0.15) is 12.4 Å². The van der Waals surface area contributed by atoms with Gasteiger partial charge in [-0.3, -0.25) is 9.48 Å². The van der Waals surface area contributed by atoms with Gasteiger partial charge in [0.15, 0.2) is 5.82 Å². The minimum absolute atomic E-state index is 0.159. The molecule has 1 amide bonds. The topological polar surface area (TPSA) is 99.8 Å². The van der Waals surface area contributed by atoms with Crippen molar-refractivity contribution in [3.8, 4) is 5.75 Å². The number of anilines is 1. The molecule has 0 bridgehead atoms. The third-order valence-corrected chi connectivity index (χ3v) is 3.75. The van der Waals surface area contributed by atoms with Gasteiger partial charge in [0, 0.05) is 18.3 Å². The van der Waals surface area contributed by atoms with Crippen molar-refractivity contribution in [2.24, 2.45) is 0 Å². The Morgan fingerprint density at radius 3 is 2.69 bits per heavy atom. The van der Waals surface area contributed by atoms with E-state index in [1.165, 1.54) is 0 Å². The van der Waals surface area contributed by atoms with Crippen molar-refractivity contribution in [1.29, 1.82) is 0 Å². The van der Waals surface area contributed by atoms with Gasteiger partial charge in [0.05, 0.1) is 17.9 Å². The zero-order valence-electron chi connectivity index (χ0n) is 15.0. The maximum Gasteiger partial charge on any atom is 0.255 e. The molecule has 0 fully saturated rings. The number of carbonyl (C=O) groups excluding carboxylic acids is 1. The van der Waals surface area contributed by atoms with E-state index in [1.807, 2.05) is 20.8 Å². The van der Waals surface area contributed by atoms with Gasteiger partial charge in [0.25, 0.3) is 5.91 Å². The first-order chi connectivity index (χ1) is 12.6. The van der Waals surface area contributed by atoms with Crippen LogP contribution in [0, 0.1) is 0 Å². The standard InChI is InChI=1S/C17H21N7O2/c1-4-23-10-14(9-18-23)19-17(25)13-5-7-15(8-6-13)26-11-16-20-21-22-24(16)12(2)3/h5-10,12H,4,11H2,1-3H3,(H,19,25). The van der Waals surface area contributed by atoms with E-state index in [-0.39, 0.29) is 18.6 Å². The normalized spacial score (nSPS) is 10.9. The number of rotatable bonds is 7. The highest BCUT2D eigenvalue weighted by Gasteiger charge is 2.11. The summed E-state index contributed by atoms with van der Waals surface area (Å²) < 4.78 is 9.16. The molecule has 1 aromatic carbocycles. The molecule has 9 nitrogen and oxygen atoms in total. The number of aryl methyl sites for hydroxylation is 1. The van der Waals surface area contributed by atoms with E-state index in [0.717, 1.165) is 6.54 Å².